The van der Waals surface area contributed by atoms with Gasteiger partial charge in [0.15, 0.2) is 0 Å². The van der Waals surface area contributed by atoms with Gasteiger partial charge in [-0.1, -0.05) is 6.07 Å². The molecule has 0 spiro atoms. The zero-order valence-corrected chi connectivity index (χ0v) is 10.2. The van der Waals surface area contributed by atoms with Crippen LogP contribution in [0.15, 0.2) is 18.2 Å². The van der Waals surface area contributed by atoms with Gasteiger partial charge in [-0.2, -0.15) is 0 Å². The summed E-state index contributed by atoms with van der Waals surface area (Å²) in [5, 5.41) is 2.68. The van der Waals surface area contributed by atoms with Crippen LogP contribution in [0.2, 0.25) is 0 Å². The Morgan fingerprint density at radius 2 is 1.76 bits per heavy atom. The molecular weight excluding hydrogens is 220 g/mol. The standard InChI is InChI=1S/C12H18N2O3/c1-3-16-9-6-5-7-10(17-4-2)12(9)14-11(15)8-13/h5-7H,3-4,8,13H2,1-2H3,(H,14,15). The Morgan fingerprint density at radius 1 is 1.24 bits per heavy atom. The first-order chi connectivity index (χ1) is 8.22. The fourth-order valence-electron chi connectivity index (χ4n) is 1.38. The number of nitrogens with one attached hydrogen (secondary N) is 1. The highest BCUT2D eigenvalue weighted by Crippen LogP contribution is 2.34. The number of amides is 1. The zero-order chi connectivity index (χ0) is 12.7. The van der Waals surface area contributed by atoms with Gasteiger partial charge in [0.05, 0.1) is 19.8 Å². The highest BCUT2D eigenvalue weighted by Gasteiger charge is 2.12. The van der Waals surface area contributed by atoms with Gasteiger partial charge in [0.25, 0.3) is 0 Å². The lowest BCUT2D eigenvalue weighted by Crippen LogP contribution is -2.22. The number of benzene rings is 1. The molecule has 1 rings (SSSR count). The van der Waals surface area contributed by atoms with Gasteiger partial charge in [0.1, 0.15) is 17.2 Å². The van der Waals surface area contributed by atoms with Crippen molar-refractivity contribution in [2.75, 3.05) is 25.1 Å². The molecule has 3 N–H and O–H groups in total. The van der Waals surface area contributed by atoms with Gasteiger partial charge in [0, 0.05) is 0 Å². The molecule has 0 saturated carbocycles. The molecule has 1 aromatic rings. The molecule has 0 aliphatic heterocycles. The van der Waals surface area contributed by atoms with E-state index in [2.05, 4.69) is 5.32 Å². The molecule has 17 heavy (non-hydrogen) atoms. The zero-order valence-electron chi connectivity index (χ0n) is 10.2. The number of carbonyl (C=O) groups is 1. The van der Waals surface area contributed by atoms with Crippen molar-refractivity contribution in [3.63, 3.8) is 0 Å². The fourth-order valence-corrected chi connectivity index (χ4v) is 1.38. The van der Waals surface area contributed by atoms with Crippen molar-refractivity contribution in [3.05, 3.63) is 18.2 Å². The molecular formula is C12H18N2O3. The van der Waals surface area contributed by atoms with Crippen LogP contribution in [0.4, 0.5) is 5.69 Å². The summed E-state index contributed by atoms with van der Waals surface area (Å²) < 4.78 is 10.9. The normalized spacial score (nSPS) is 9.82. The van der Waals surface area contributed by atoms with Crippen molar-refractivity contribution in [1.29, 1.82) is 0 Å². The topological polar surface area (TPSA) is 73.6 Å². The predicted octanol–water partition coefficient (Wildman–Crippen LogP) is 1.38. The number of carbonyl (C=O) groups excluding carboxylic acids is 1. The molecule has 1 amide bonds. The first-order valence-corrected chi connectivity index (χ1v) is 5.61. The number of nitrogens with two attached hydrogens (primary N) is 1. The predicted molar refractivity (Wildman–Crippen MR) is 66.5 cm³/mol. The monoisotopic (exact) mass is 238 g/mol. The maximum atomic E-state index is 11.3. The van der Waals surface area contributed by atoms with Gasteiger partial charge in [0.2, 0.25) is 5.91 Å². The van der Waals surface area contributed by atoms with E-state index in [-0.39, 0.29) is 12.5 Å². The Kier molecular flexibility index (Phi) is 5.29. The summed E-state index contributed by atoms with van der Waals surface area (Å²) in [6, 6.07) is 5.37. The first kappa shape index (κ1) is 13.3. The second-order valence-corrected chi connectivity index (χ2v) is 3.25. The van der Waals surface area contributed by atoms with Crippen LogP contribution in [0.3, 0.4) is 0 Å². The molecule has 1 aromatic carbocycles. The van der Waals surface area contributed by atoms with Crippen molar-refractivity contribution < 1.29 is 14.3 Å². The quantitative estimate of drug-likeness (QED) is 0.785. The minimum absolute atomic E-state index is 0.0774. The van der Waals surface area contributed by atoms with E-state index in [1.807, 2.05) is 19.9 Å². The Hall–Kier alpha value is -1.75. The Bertz CT molecular complexity index is 356. The third kappa shape index (κ3) is 3.64. The average Bonchev–Trinajstić information content (AvgIpc) is 2.33. The van der Waals surface area contributed by atoms with Crippen molar-refractivity contribution in [3.8, 4) is 11.5 Å². The minimum Gasteiger partial charge on any atom is -0.492 e. The van der Waals surface area contributed by atoms with Crippen molar-refractivity contribution in [2.24, 2.45) is 5.73 Å². The number of rotatable bonds is 6. The van der Waals surface area contributed by atoms with E-state index in [1.165, 1.54) is 0 Å². The average molecular weight is 238 g/mol. The smallest absolute Gasteiger partial charge is 0.238 e. The second kappa shape index (κ2) is 6.75. The van der Waals surface area contributed by atoms with E-state index in [1.54, 1.807) is 12.1 Å². The van der Waals surface area contributed by atoms with Crippen molar-refractivity contribution >= 4 is 11.6 Å². The van der Waals surface area contributed by atoms with Gasteiger partial charge in [-0.15, -0.1) is 0 Å². The molecule has 0 aromatic heterocycles. The maximum Gasteiger partial charge on any atom is 0.238 e. The summed E-state index contributed by atoms with van der Waals surface area (Å²) in [7, 11) is 0. The first-order valence-electron chi connectivity index (χ1n) is 5.61. The lowest BCUT2D eigenvalue weighted by atomic mass is 10.2. The molecule has 0 aliphatic rings. The molecule has 5 nitrogen and oxygen atoms in total. The van der Waals surface area contributed by atoms with E-state index in [9.17, 15) is 4.79 Å². The number of hydrogen-bond donors (Lipinski definition) is 2. The van der Waals surface area contributed by atoms with Crippen LogP contribution >= 0.6 is 0 Å². The third-order valence-electron chi connectivity index (χ3n) is 2.04. The van der Waals surface area contributed by atoms with Gasteiger partial charge >= 0.3 is 0 Å². The minimum atomic E-state index is -0.280. The maximum absolute atomic E-state index is 11.3. The van der Waals surface area contributed by atoms with Gasteiger partial charge in [-0.3, -0.25) is 4.79 Å². The molecule has 5 heteroatoms. The molecule has 94 valence electrons. The summed E-state index contributed by atoms with van der Waals surface area (Å²) in [5.41, 5.74) is 5.81. The summed E-state index contributed by atoms with van der Waals surface area (Å²) >= 11 is 0. The molecule has 0 radical (unpaired) electrons. The van der Waals surface area contributed by atoms with Gasteiger partial charge < -0.3 is 20.5 Å². The summed E-state index contributed by atoms with van der Waals surface area (Å²) in [4.78, 5) is 11.3. The molecule has 0 aliphatic carbocycles. The molecule has 0 bridgehead atoms. The lowest BCUT2D eigenvalue weighted by Gasteiger charge is -2.15. The third-order valence-corrected chi connectivity index (χ3v) is 2.04. The number of para-hydroxylation sites is 1. The Labute approximate surface area is 101 Å². The second-order valence-electron chi connectivity index (χ2n) is 3.25. The highest BCUT2D eigenvalue weighted by atomic mass is 16.5. The summed E-state index contributed by atoms with van der Waals surface area (Å²) in [6.45, 7) is 4.71. The van der Waals surface area contributed by atoms with Crippen LogP contribution in [-0.2, 0) is 4.79 Å². The molecule has 0 saturated heterocycles. The molecule has 0 unspecified atom stereocenters. The van der Waals surface area contributed by atoms with Crippen LogP contribution in [0, 0.1) is 0 Å². The molecule has 0 heterocycles. The number of hydrogen-bond acceptors (Lipinski definition) is 4. The van der Waals surface area contributed by atoms with Crippen LogP contribution in [0.1, 0.15) is 13.8 Å². The van der Waals surface area contributed by atoms with E-state index in [4.69, 9.17) is 15.2 Å². The van der Waals surface area contributed by atoms with E-state index in [0.29, 0.717) is 30.4 Å². The SMILES string of the molecule is CCOc1cccc(OCC)c1NC(=O)CN. The van der Waals surface area contributed by atoms with Gasteiger partial charge in [-0.25, -0.2) is 0 Å². The van der Waals surface area contributed by atoms with Crippen molar-refractivity contribution in [2.45, 2.75) is 13.8 Å². The fraction of sp³-hybridized carbons (Fsp3) is 0.417. The van der Waals surface area contributed by atoms with E-state index >= 15 is 0 Å². The number of anilines is 1. The van der Waals surface area contributed by atoms with Gasteiger partial charge in [-0.05, 0) is 26.0 Å². The Balaban J connectivity index is 3.03. The van der Waals surface area contributed by atoms with Crippen LogP contribution in [0.5, 0.6) is 11.5 Å². The Morgan fingerprint density at radius 3 is 2.18 bits per heavy atom. The van der Waals surface area contributed by atoms with E-state index in [0.717, 1.165) is 0 Å². The summed E-state index contributed by atoms with van der Waals surface area (Å²) in [5.74, 6) is 0.888. The largest absolute Gasteiger partial charge is 0.492 e. The van der Waals surface area contributed by atoms with Crippen LogP contribution < -0.4 is 20.5 Å². The number of ether oxygens (including phenoxy) is 2. The molecule has 0 fully saturated rings. The molecule has 0 atom stereocenters. The van der Waals surface area contributed by atoms with Crippen LogP contribution in [-0.4, -0.2) is 25.7 Å². The summed E-state index contributed by atoms with van der Waals surface area (Å²) in [6.07, 6.45) is 0. The van der Waals surface area contributed by atoms with Crippen molar-refractivity contribution in [1.82, 2.24) is 0 Å². The van der Waals surface area contributed by atoms with Crippen LogP contribution in [0.25, 0.3) is 0 Å². The van der Waals surface area contributed by atoms with E-state index < -0.39 is 0 Å². The highest BCUT2D eigenvalue weighted by molar-refractivity contribution is 5.95. The lowest BCUT2D eigenvalue weighted by molar-refractivity contribution is -0.114.